The van der Waals surface area contributed by atoms with Gasteiger partial charge in [0.15, 0.2) is 0 Å². The molecule has 0 aliphatic carbocycles. The fourth-order valence-corrected chi connectivity index (χ4v) is 4.43. The van der Waals surface area contributed by atoms with Gasteiger partial charge in [0.25, 0.3) is 0 Å². The zero-order valence-corrected chi connectivity index (χ0v) is 18.7. The van der Waals surface area contributed by atoms with E-state index in [0.29, 0.717) is 34.8 Å². The highest BCUT2D eigenvalue weighted by atomic mass is 16.5. The lowest BCUT2D eigenvalue weighted by Gasteiger charge is -2.37. The Morgan fingerprint density at radius 3 is 2.48 bits per heavy atom. The van der Waals surface area contributed by atoms with E-state index in [0.717, 1.165) is 29.7 Å². The minimum absolute atomic E-state index is 0.126. The van der Waals surface area contributed by atoms with Crippen LogP contribution in [0.5, 0.6) is 0 Å². The minimum atomic E-state index is -1.42. The van der Waals surface area contributed by atoms with Crippen molar-refractivity contribution in [1.82, 2.24) is 10.1 Å². The number of nitrogens with zero attached hydrogens (tertiary/aromatic N) is 2. The molecule has 7 heteroatoms. The zero-order valence-electron chi connectivity index (χ0n) is 18.7. The Kier molecular flexibility index (Phi) is 6.75. The number of rotatable bonds is 9. The van der Waals surface area contributed by atoms with Gasteiger partial charge in [-0.05, 0) is 62.4 Å². The summed E-state index contributed by atoms with van der Waals surface area (Å²) in [5.41, 5.74) is 3.36. The van der Waals surface area contributed by atoms with Crippen molar-refractivity contribution in [3.05, 3.63) is 59.2 Å². The van der Waals surface area contributed by atoms with Crippen LogP contribution < -0.4 is 10.6 Å². The van der Waals surface area contributed by atoms with E-state index in [2.05, 4.69) is 20.8 Å². The van der Waals surface area contributed by atoms with Gasteiger partial charge >= 0.3 is 0 Å². The van der Waals surface area contributed by atoms with Crippen LogP contribution in [-0.4, -0.2) is 28.7 Å². The van der Waals surface area contributed by atoms with E-state index in [4.69, 9.17) is 4.52 Å². The van der Waals surface area contributed by atoms with Crippen molar-refractivity contribution in [2.75, 3.05) is 17.7 Å². The van der Waals surface area contributed by atoms with Gasteiger partial charge in [-0.3, -0.25) is 9.78 Å². The normalized spacial score (nSPS) is 13.1. The molecule has 0 saturated carbocycles. The van der Waals surface area contributed by atoms with E-state index in [9.17, 15) is 9.90 Å². The van der Waals surface area contributed by atoms with Gasteiger partial charge in [-0.2, -0.15) is 0 Å². The maximum Gasteiger partial charge on any atom is 0.211 e. The van der Waals surface area contributed by atoms with Crippen molar-refractivity contribution in [3.63, 3.8) is 0 Å². The summed E-state index contributed by atoms with van der Waals surface area (Å²) in [5, 5.41) is 22.4. The maximum atomic E-state index is 12.3. The molecule has 0 saturated heterocycles. The van der Waals surface area contributed by atoms with Crippen LogP contribution in [0.4, 0.5) is 11.4 Å². The summed E-state index contributed by atoms with van der Waals surface area (Å²) in [4.78, 5) is 16.0. The second kappa shape index (κ2) is 9.31. The number of benzene rings is 1. The number of aliphatic hydroxyl groups is 1. The average Bonchev–Trinajstić information content (AvgIpc) is 3.13. The molecule has 1 atom stereocenters. The Bertz CT molecular complexity index is 1020. The molecule has 1 aromatic carbocycles. The van der Waals surface area contributed by atoms with Crippen LogP contribution in [0.3, 0.4) is 0 Å². The highest BCUT2D eigenvalue weighted by Crippen LogP contribution is 2.47. The van der Waals surface area contributed by atoms with E-state index in [-0.39, 0.29) is 5.92 Å². The number of hydrogen-bond acceptors (Lipinski definition) is 6. The number of amides is 1. The van der Waals surface area contributed by atoms with Gasteiger partial charge in [-0.1, -0.05) is 25.1 Å². The Labute approximate surface area is 182 Å². The predicted molar refractivity (Wildman–Crippen MR) is 122 cm³/mol. The van der Waals surface area contributed by atoms with E-state index in [1.54, 1.807) is 13.2 Å². The standard InChI is InChI=1S/C24H30N4O3/c1-6-18(7-2)24(30,21-10-8-9-11-26-21)19-12-17(22-15(3)28-31-16(22)4)13-20(25-5)23(19)27-14-29/h8-14,18,25,30H,6-7H2,1-5H3,(H,27,29). The number of nitrogens with one attached hydrogen (secondary N) is 2. The molecule has 7 nitrogen and oxygen atoms in total. The first-order valence-corrected chi connectivity index (χ1v) is 10.6. The summed E-state index contributed by atoms with van der Waals surface area (Å²) in [6, 6.07) is 9.34. The van der Waals surface area contributed by atoms with E-state index in [1.165, 1.54) is 0 Å². The molecule has 2 heterocycles. The summed E-state index contributed by atoms with van der Waals surface area (Å²) >= 11 is 0. The van der Waals surface area contributed by atoms with Crippen LogP contribution >= 0.6 is 0 Å². The molecule has 0 spiro atoms. The Morgan fingerprint density at radius 2 is 1.97 bits per heavy atom. The fourth-order valence-electron chi connectivity index (χ4n) is 4.43. The summed E-state index contributed by atoms with van der Waals surface area (Å²) in [5.74, 6) is 0.560. The topological polar surface area (TPSA) is 100 Å². The number of anilines is 2. The first kappa shape index (κ1) is 22.5. The highest BCUT2D eigenvalue weighted by molar-refractivity contribution is 5.88. The van der Waals surface area contributed by atoms with Crippen LogP contribution in [0.1, 0.15) is 49.4 Å². The van der Waals surface area contributed by atoms with Gasteiger partial charge in [0.2, 0.25) is 6.41 Å². The van der Waals surface area contributed by atoms with Gasteiger partial charge < -0.3 is 20.3 Å². The fraction of sp³-hybridized carbons (Fsp3) is 0.375. The lowest BCUT2D eigenvalue weighted by molar-refractivity contribution is -0.105. The molecule has 3 rings (SSSR count). The van der Waals surface area contributed by atoms with E-state index >= 15 is 0 Å². The van der Waals surface area contributed by atoms with Gasteiger partial charge in [0.05, 0.1) is 22.8 Å². The molecule has 3 aromatic rings. The maximum absolute atomic E-state index is 12.3. The second-order valence-corrected chi connectivity index (χ2v) is 7.65. The van der Waals surface area contributed by atoms with Crippen LogP contribution in [0.15, 0.2) is 41.1 Å². The Morgan fingerprint density at radius 1 is 1.23 bits per heavy atom. The van der Waals surface area contributed by atoms with Gasteiger partial charge in [0, 0.05) is 24.4 Å². The molecule has 0 radical (unpaired) electrons. The third-order valence-electron chi connectivity index (χ3n) is 5.98. The molecule has 2 aromatic heterocycles. The van der Waals surface area contributed by atoms with Crippen LogP contribution in [0.25, 0.3) is 11.1 Å². The second-order valence-electron chi connectivity index (χ2n) is 7.65. The van der Waals surface area contributed by atoms with E-state index in [1.807, 2.05) is 58.0 Å². The molecule has 0 aliphatic heterocycles. The molecule has 31 heavy (non-hydrogen) atoms. The number of pyridine rings is 1. The lowest BCUT2D eigenvalue weighted by atomic mass is 9.74. The zero-order chi connectivity index (χ0) is 22.6. The van der Waals surface area contributed by atoms with Crippen molar-refractivity contribution >= 4 is 17.8 Å². The summed E-state index contributed by atoms with van der Waals surface area (Å²) in [6.45, 7) is 7.84. The smallest absolute Gasteiger partial charge is 0.211 e. The van der Waals surface area contributed by atoms with E-state index < -0.39 is 5.60 Å². The van der Waals surface area contributed by atoms with Crippen LogP contribution in [-0.2, 0) is 10.4 Å². The molecular weight excluding hydrogens is 392 g/mol. The third-order valence-corrected chi connectivity index (χ3v) is 5.98. The Hall–Kier alpha value is -3.19. The van der Waals surface area contributed by atoms with Crippen molar-refractivity contribution in [2.45, 2.75) is 46.1 Å². The first-order valence-electron chi connectivity index (χ1n) is 10.6. The molecule has 0 fully saturated rings. The van der Waals surface area contributed by atoms with Crippen molar-refractivity contribution in [2.24, 2.45) is 5.92 Å². The number of hydrogen-bond donors (Lipinski definition) is 3. The van der Waals surface area contributed by atoms with Gasteiger partial charge in [0.1, 0.15) is 11.4 Å². The average molecular weight is 423 g/mol. The largest absolute Gasteiger partial charge is 0.386 e. The third kappa shape index (κ3) is 3.93. The highest BCUT2D eigenvalue weighted by Gasteiger charge is 2.42. The first-order chi connectivity index (χ1) is 14.9. The minimum Gasteiger partial charge on any atom is -0.386 e. The predicted octanol–water partition coefficient (Wildman–Crippen LogP) is 4.64. The molecule has 3 N–H and O–H groups in total. The summed E-state index contributed by atoms with van der Waals surface area (Å²) in [7, 11) is 1.78. The molecule has 1 amide bonds. The number of aryl methyl sites for hydroxylation is 2. The van der Waals surface area contributed by atoms with Crippen molar-refractivity contribution in [3.8, 4) is 11.1 Å². The summed E-state index contributed by atoms with van der Waals surface area (Å²) in [6.07, 6.45) is 3.76. The number of carbonyl (C=O) groups is 1. The molecule has 0 aliphatic rings. The number of carbonyl (C=O) groups excluding carboxylic acids is 1. The van der Waals surface area contributed by atoms with Crippen molar-refractivity contribution in [1.29, 1.82) is 0 Å². The lowest BCUT2D eigenvalue weighted by Crippen LogP contribution is -2.38. The van der Waals surface area contributed by atoms with Gasteiger partial charge in [-0.15, -0.1) is 0 Å². The number of aromatic nitrogens is 2. The summed E-state index contributed by atoms with van der Waals surface area (Å²) < 4.78 is 5.38. The molecule has 0 bridgehead atoms. The molecular formula is C24H30N4O3. The van der Waals surface area contributed by atoms with Crippen LogP contribution in [0.2, 0.25) is 0 Å². The van der Waals surface area contributed by atoms with Crippen molar-refractivity contribution < 1.29 is 14.4 Å². The molecule has 1 unspecified atom stereocenters. The molecule has 164 valence electrons. The SMILES string of the molecule is CCC(CC)C(O)(c1ccccn1)c1cc(-c2c(C)noc2C)cc(NC)c1NC=O. The Balaban J connectivity index is 2.41. The van der Waals surface area contributed by atoms with Gasteiger partial charge in [-0.25, -0.2) is 0 Å². The quantitative estimate of drug-likeness (QED) is 0.435. The van der Waals surface area contributed by atoms with Crippen LogP contribution in [0, 0.1) is 19.8 Å². The monoisotopic (exact) mass is 422 g/mol.